The van der Waals surface area contributed by atoms with Crippen molar-refractivity contribution in [2.45, 2.75) is 66.4 Å². The van der Waals surface area contributed by atoms with Crippen molar-refractivity contribution in [1.29, 1.82) is 0 Å². The van der Waals surface area contributed by atoms with E-state index >= 15 is 0 Å². The average Bonchev–Trinajstić information content (AvgIpc) is 2.33. The summed E-state index contributed by atoms with van der Waals surface area (Å²) in [6, 6.07) is 0. The fraction of sp³-hybridized carbons (Fsp3) is 0.857. The van der Waals surface area contributed by atoms with E-state index in [9.17, 15) is 9.59 Å². The first kappa shape index (κ1) is 18.5. The number of carbonyl (C=O) groups is 2. The molecule has 2 atom stereocenters. The van der Waals surface area contributed by atoms with Crippen LogP contribution in [-0.4, -0.2) is 23.5 Å². The van der Waals surface area contributed by atoms with Gasteiger partial charge in [-0.25, -0.2) is 9.68 Å². The topological polar surface area (TPSA) is 82.1 Å². The van der Waals surface area contributed by atoms with Crippen LogP contribution >= 0.6 is 0 Å². The molecule has 0 heterocycles. The number of rotatable bonds is 6. The SMILES string of the molecule is CCC(CCC(CC)C(C)(C)C)OC(=O)OOC(=O)O. The van der Waals surface area contributed by atoms with Gasteiger partial charge in [0.25, 0.3) is 0 Å². The maximum atomic E-state index is 11.2. The highest BCUT2D eigenvalue weighted by atomic mass is 17.3. The zero-order chi connectivity index (χ0) is 15.8. The molecule has 0 saturated heterocycles. The molecule has 0 aliphatic carbocycles. The largest absolute Gasteiger partial charge is 0.550 e. The van der Waals surface area contributed by atoms with Crippen LogP contribution in [0.4, 0.5) is 9.59 Å². The second-order valence-corrected chi connectivity index (χ2v) is 5.88. The van der Waals surface area contributed by atoms with Crippen molar-refractivity contribution in [3.63, 3.8) is 0 Å². The van der Waals surface area contributed by atoms with Gasteiger partial charge in [0.2, 0.25) is 0 Å². The van der Waals surface area contributed by atoms with Crippen molar-refractivity contribution >= 4 is 12.3 Å². The number of carboxylic acid groups (broad SMARTS) is 1. The molecule has 6 nitrogen and oxygen atoms in total. The number of carbonyl (C=O) groups excluding carboxylic acids is 1. The van der Waals surface area contributed by atoms with Crippen LogP contribution in [0, 0.1) is 11.3 Å². The van der Waals surface area contributed by atoms with Crippen LogP contribution in [0.25, 0.3) is 0 Å². The van der Waals surface area contributed by atoms with Gasteiger partial charge in [-0.15, -0.1) is 0 Å². The fourth-order valence-electron chi connectivity index (χ4n) is 2.21. The van der Waals surface area contributed by atoms with Gasteiger partial charge in [0.15, 0.2) is 0 Å². The lowest BCUT2D eigenvalue weighted by atomic mass is 9.76. The summed E-state index contributed by atoms with van der Waals surface area (Å²) in [5, 5.41) is 8.20. The first-order chi connectivity index (χ1) is 9.20. The van der Waals surface area contributed by atoms with Gasteiger partial charge in [-0.3, -0.25) is 0 Å². The molecule has 6 heteroatoms. The highest BCUT2D eigenvalue weighted by Crippen LogP contribution is 2.33. The van der Waals surface area contributed by atoms with Gasteiger partial charge in [-0.2, -0.15) is 9.68 Å². The maximum Gasteiger partial charge on any atom is 0.550 e. The summed E-state index contributed by atoms with van der Waals surface area (Å²) < 4.78 is 5.01. The molecule has 0 aromatic rings. The summed E-state index contributed by atoms with van der Waals surface area (Å²) in [4.78, 5) is 28.9. The minimum Gasteiger partial charge on any atom is -0.447 e. The molecular formula is C14H26O6. The van der Waals surface area contributed by atoms with E-state index in [1.54, 1.807) is 0 Å². The van der Waals surface area contributed by atoms with E-state index in [2.05, 4.69) is 37.5 Å². The zero-order valence-corrected chi connectivity index (χ0v) is 13.0. The third-order valence-electron chi connectivity index (χ3n) is 3.45. The van der Waals surface area contributed by atoms with Crippen molar-refractivity contribution in [1.82, 2.24) is 0 Å². The van der Waals surface area contributed by atoms with Gasteiger partial charge in [-0.1, -0.05) is 41.0 Å². The summed E-state index contributed by atoms with van der Waals surface area (Å²) in [6.07, 6.45) is 0.253. The minimum atomic E-state index is -1.69. The molecule has 0 aliphatic rings. The molecule has 0 rings (SSSR count). The molecule has 0 amide bonds. The Morgan fingerprint density at radius 3 is 2.05 bits per heavy atom. The first-order valence-corrected chi connectivity index (χ1v) is 6.98. The molecule has 2 unspecified atom stereocenters. The lowest BCUT2D eigenvalue weighted by Crippen LogP contribution is -2.24. The Morgan fingerprint density at radius 1 is 1.05 bits per heavy atom. The Bertz CT molecular complexity index is 307. The smallest absolute Gasteiger partial charge is 0.447 e. The van der Waals surface area contributed by atoms with E-state index in [1.807, 2.05) is 6.92 Å². The molecular weight excluding hydrogens is 264 g/mol. The van der Waals surface area contributed by atoms with Gasteiger partial charge in [0.05, 0.1) is 0 Å². The molecule has 0 aromatic heterocycles. The molecule has 0 radical (unpaired) electrons. The number of hydrogen-bond acceptors (Lipinski definition) is 5. The Balaban J connectivity index is 4.21. The summed E-state index contributed by atoms with van der Waals surface area (Å²) in [7, 11) is 0. The van der Waals surface area contributed by atoms with Crippen LogP contribution in [0.1, 0.15) is 60.3 Å². The van der Waals surface area contributed by atoms with Gasteiger partial charge in [0.1, 0.15) is 6.10 Å². The number of ether oxygens (including phenoxy) is 1. The lowest BCUT2D eigenvalue weighted by Gasteiger charge is -2.30. The fourth-order valence-corrected chi connectivity index (χ4v) is 2.21. The zero-order valence-electron chi connectivity index (χ0n) is 13.0. The standard InChI is InChI=1S/C14H26O6/c1-6-10(14(3,4)5)8-9-11(7-2)18-13(17)20-19-12(15)16/h10-11H,6-9H2,1-5H3,(H,15,16). The van der Waals surface area contributed by atoms with Crippen LogP contribution < -0.4 is 0 Å². The highest BCUT2D eigenvalue weighted by Gasteiger charge is 2.25. The minimum absolute atomic E-state index is 0.208. The molecule has 1 N–H and O–H groups in total. The predicted molar refractivity (Wildman–Crippen MR) is 73.2 cm³/mol. The van der Waals surface area contributed by atoms with Crippen LogP contribution in [0.2, 0.25) is 0 Å². The van der Waals surface area contributed by atoms with Gasteiger partial charge < -0.3 is 9.84 Å². The predicted octanol–water partition coefficient (Wildman–Crippen LogP) is 4.38. The molecule has 0 bridgehead atoms. The normalized spacial score (nSPS) is 14.2. The van der Waals surface area contributed by atoms with Crippen LogP contribution in [-0.2, 0) is 14.5 Å². The highest BCUT2D eigenvalue weighted by molar-refractivity contribution is 5.62. The van der Waals surface area contributed by atoms with E-state index < -0.39 is 12.3 Å². The Morgan fingerprint density at radius 2 is 1.65 bits per heavy atom. The van der Waals surface area contributed by atoms with E-state index in [0.717, 1.165) is 12.8 Å². The Kier molecular flexibility index (Phi) is 8.03. The van der Waals surface area contributed by atoms with Gasteiger partial charge in [0, 0.05) is 0 Å². The Hall–Kier alpha value is -1.46. The summed E-state index contributed by atoms with van der Waals surface area (Å²) in [5.41, 5.74) is 0.208. The second kappa shape index (κ2) is 8.66. The quantitative estimate of drug-likeness (QED) is 0.444. The van der Waals surface area contributed by atoms with Crippen molar-refractivity contribution in [3.05, 3.63) is 0 Å². The van der Waals surface area contributed by atoms with Gasteiger partial charge >= 0.3 is 12.3 Å². The molecule has 20 heavy (non-hydrogen) atoms. The van der Waals surface area contributed by atoms with E-state index in [1.165, 1.54) is 0 Å². The van der Waals surface area contributed by atoms with Crippen molar-refractivity contribution in [3.8, 4) is 0 Å². The molecule has 0 spiro atoms. The van der Waals surface area contributed by atoms with Crippen molar-refractivity contribution in [2.24, 2.45) is 11.3 Å². The summed E-state index contributed by atoms with van der Waals surface area (Å²) in [6.45, 7) is 10.6. The van der Waals surface area contributed by atoms with Crippen molar-refractivity contribution < 1.29 is 29.2 Å². The monoisotopic (exact) mass is 290 g/mol. The molecule has 118 valence electrons. The first-order valence-electron chi connectivity index (χ1n) is 6.98. The summed E-state index contributed by atoms with van der Waals surface area (Å²) in [5.74, 6) is 0.534. The van der Waals surface area contributed by atoms with E-state index in [0.29, 0.717) is 18.8 Å². The molecule has 0 saturated carbocycles. The number of hydrogen-bond donors (Lipinski definition) is 1. The van der Waals surface area contributed by atoms with Crippen LogP contribution in [0.5, 0.6) is 0 Å². The van der Waals surface area contributed by atoms with Crippen molar-refractivity contribution in [2.75, 3.05) is 0 Å². The summed E-state index contributed by atoms with van der Waals surface area (Å²) >= 11 is 0. The lowest BCUT2D eigenvalue weighted by molar-refractivity contribution is -0.217. The Labute approximate surface area is 120 Å². The van der Waals surface area contributed by atoms with E-state index in [-0.39, 0.29) is 11.5 Å². The van der Waals surface area contributed by atoms with Crippen LogP contribution in [0.15, 0.2) is 0 Å². The van der Waals surface area contributed by atoms with E-state index in [4.69, 9.17) is 9.84 Å². The molecule has 0 aromatic carbocycles. The average molecular weight is 290 g/mol. The molecule has 0 aliphatic heterocycles. The third kappa shape index (κ3) is 7.86. The van der Waals surface area contributed by atoms with Gasteiger partial charge in [-0.05, 0) is 30.6 Å². The molecule has 0 fully saturated rings. The second-order valence-electron chi connectivity index (χ2n) is 5.88. The van der Waals surface area contributed by atoms with Crippen LogP contribution in [0.3, 0.4) is 0 Å². The third-order valence-corrected chi connectivity index (χ3v) is 3.45. The maximum absolute atomic E-state index is 11.2.